The molecule has 0 aliphatic carbocycles. The number of nitro benzene ring substituents is 2. The van der Waals surface area contributed by atoms with E-state index in [1.807, 2.05) is 0 Å². The van der Waals surface area contributed by atoms with Gasteiger partial charge in [0.15, 0.2) is 0 Å². The highest BCUT2D eigenvalue weighted by atomic mass is 16.6. The van der Waals surface area contributed by atoms with Crippen molar-refractivity contribution in [3.05, 3.63) is 79.9 Å². The molecule has 0 radical (unpaired) electrons. The number of ether oxygens (including phenoxy) is 3. The van der Waals surface area contributed by atoms with E-state index in [2.05, 4.69) is 5.32 Å². The molecule has 1 aliphatic rings. The van der Waals surface area contributed by atoms with Crippen molar-refractivity contribution in [3.63, 3.8) is 0 Å². The summed E-state index contributed by atoms with van der Waals surface area (Å²) in [6, 6.07) is 10.4. The molecule has 0 amide bonds. The number of non-ortho nitro benzene ring substituents is 2. The molecule has 12 heteroatoms. The summed E-state index contributed by atoms with van der Waals surface area (Å²) in [5.74, 6) is -1.99. The van der Waals surface area contributed by atoms with Crippen molar-refractivity contribution in [1.82, 2.24) is 5.32 Å². The fraction of sp³-hybridized carbons (Fsp3) is 0.263. The zero-order valence-electron chi connectivity index (χ0n) is 16.3. The first-order valence-corrected chi connectivity index (χ1v) is 8.83. The molecule has 1 N–H and O–H groups in total. The summed E-state index contributed by atoms with van der Waals surface area (Å²) in [6.07, 6.45) is -2.31. The van der Waals surface area contributed by atoms with Gasteiger partial charge in [0.1, 0.15) is 12.3 Å². The maximum absolute atomic E-state index is 12.8. The molecule has 0 bridgehead atoms. The molecule has 0 aromatic heterocycles. The fourth-order valence-corrected chi connectivity index (χ4v) is 3.32. The van der Waals surface area contributed by atoms with Gasteiger partial charge in [-0.1, -0.05) is 0 Å². The number of nitro groups is 2. The molecule has 162 valence electrons. The van der Waals surface area contributed by atoms with Crippen molar-refractivity contribution in [3.8, 4) is 0 Å². The molecular formula is C19H17N3O9. The Morgan fingerprint density at radius 3 is 1.68 bits per heavy atom. The summed E-state index contributed by atoms with van der Waals surface area (Å²) >= 11 is 0. The van der Waals surface area contributed by atoms with Crippen LogP contribution in [0.5, 0.6) is 0 Å². The first-order chi connectivity index (χ1) is 14.7. The van der Waals surface area contributed by atoms with E-state index >= 15 is 0 Å². The van der Waals surface area contributed by atoms with Gasteiger partial charge < -0.3 is 14.2 Å². The number of nitrogens with zero attached hydrogens (tertiary/aromatic N) is 2. The van der Waals surface area contributed by atoms with Crippen LogP contribution in [-0.4, -0.2) is 41.5 Å². The van der Waals surface area contributed by atoms with Gasteiger partial charge in [0.25, 0.3) is 11.4 Å². The van der Waals surface area contributed by atoms with Gasteiger partial charge in [-0.05, 0) is 35.4 Å². The Hall–Kier alpha value is -3.90. The lowest BCUT2D eigenvalue weighted by atomic mass is 9.88. The second-order valence-electron chi connectivity index (χ2n) is 6.53. The van der Waals surface area contributed by atoms with Crippen LogP contribution in [0.25, 0.3) is 0 Å². The summed E-state index contributed by atoms with van der Waals surface area (Å²) in [5.41, 5.74) is -1.79. The van der Waals surface area contributed by atoms with Crippen LogP contribution in [0.3, 0.4) is 0 Å². The SMILES string of the molecule is COC(=O)C1(C(=O)OC)N[C@@H](c2ccc([N+](=O)[O-])cc2)O[C@@H]1c1ccc([N+](=O)[O-])cc1. The van der Waals surface area contributed by atoms with E-state index in [-0.39, 0.29) is 16.9 Å². The first-order valence-electron chi connectivity index (χ1n) is 8.83. The minimum absolute atomic E-state index is 0.152. The molecule has 1 heterocycles. The van der Waals surface area contributed by atoms with Crippen molar-refractivity contribution in [2.45, 2.75) is 17.9 Å². The number of nitrogens with one attached hydrogen (secondary N) is 1. The third-order valence-electron chi connectivity index (χ3n) is 4.85. The van der Waals surface area contributed by atoms with E-state index in [1.54, 1.807) is 0 Å². The van der Waals surface area contributed by atoms with Crippen LogP contribution in [-0.2, 0) is 23.8 Å². The number of carbonyl (C=O) groups excluding carboxylic acids is 2. The van der Waals surface area contributed by atoms with Crippen LogP contribution < -0.4 is 5.32 Å². The summed E-state index contributed by atoms with van der Waals surface area (Å²) in [5, 5.41) is 24.6. The van der Waals surface area contributed by atoms with Crippen LogP contribution in [0.2, 0.25) is 0 Å². The topological polar surface area (TPSA) is 160 Å². The molecule has 2 aromatic rings. The van der Waals surface area contributed by atoms with Crippen LogP contribution in [0.4, 0.5) is 11.4 Å². The normalized spacial score (nSPS) is 19.4. The largest absolute Gasteiger partial charge is 0.467 e. The third-order valence-corrected chi connectivity index (χ3v) is 4.85. The summed E-state index contributed by atoms with van der Waals surface area (Å²) < 4.78 is 15.6. The van der Waals surface area contributed by atoms with Crippen molar-refractivity contribution < 1.29 is 33.6 Å². The molecule has 0 spiro atoms. The summed E-state index contributed by atoms with van der Waals surface area (Å²) in [6.45, 7) is 0. The number of esters is 2. The second-order valence-corrected chi connectivity index (χ2v) is 6.53. The number of hydrogen-bond acceptors (Lipinski definition) is 10. The number of methoxy groups -OCH3 is 2. The van der Waals surface area contributed by atoms with E-state index in [0.29, 0.717) is 5.56 Å². The van der Waals surface area contributed by atoms with Crippen LogP contribution in [0, 0.1) is 20.2 Å². The third kappa shape index (κ3) is 3.81. The van der Waals surface area contributed by atoms with E-state index in [0.717, 1.165) is 14.2 Å². The first kappa shape index (κ1) is 21.8. The predicted molar refractivity (Wildman–Crippen MR) is 103 cm³/mol. The van der Waals surface area contributed by atoms with Gasteiger partial charge in [-0.25, -0.2) is 9.59 Å². The van der Waals surface area contributed by atoms with Gasteiger partial charge in [-0.15, -0.1) is 0 Å². The molecule has 1 fully saturated rings. The fourth-order valence-electron chi connectivity index (χ4n) is 3.32. The number of rotatable bonds is 6. The Morgan fingerprint density at radius 1 is 0.871 bits per heavy atom. The van der Waals surface area contributed by atoms with Crippen molar-refractivity contribution >= 4 is 23.3 Å². The zero-order chi connectivity index (χ0) is 22.8. The molecule has 12 nitrogen and oxygen atoms in total. The smallest absolute Gasteiger partial charge is 0.341 e. The average molecular weight is 431 g/mol. The summed E-state index contributed by atoms with van der Waals surface area (Å²) in [4.78, 5) is 46.2. The monoisotopic (exact) mass is 431 g/mol. The molecule has 0 saturated carbocycles. The minimum Gasteiger partial charge on any atom is -0.467 e. The second kappa shape index (κ2) is 8.45. The highest BCUT2D eigenvalue weighted by molar-refractivity contribution is 6.06. The number of hydrogen-bond donors (Lipinski definition) is 1. The highest BCUT2D eigenvalue weighted by Crippen LogP contribution is 2.43. The molecule has 3 rings (SSSR count). The van der Waals surface area contributed by atoms with Gasteiger partial charge in [0.2, 0.25) is 5.54 Å². The van der Waals surface area contributed by atoms with E-state index in [1.165, 1.54) is 48.5 Å². The lowest BCUT2D eigenvalue weighted by Crippen LogP contribution is -2.59. The van der Waals surface area contributed by atoms with Gasteiger partial charge in [-0.3, -0.25) is 25.5 Å². The van der Waals surface area contributed by atoms with Gasteiger partial charge in [0, 0.05) is 24.3 Å². The number of benzene rings is 2. The molecule has 1 saturated heterocycles. The maximum atomic E-state index is 12.8. The van der Waals surface area contributed by atoms with E-state index in [9.17, 15) is 29.8 Å². The summed E-state index contributed by atoms with van der Waals surface area (Å²) in [7, 11) is 2.17. The minimum atomic E-state index is -2.12. The lowest BCUT2D eigenvalue weighted by molar-refractivity contribution is -0.385. The zero-order valence-corrected chi connectivity index (χ0v) is 16.3. The van der Waals surface area contributed by atoms with E-state index in [4.69, 9.17) is 14.2 Å². The van der Waals surface area contributed by atoms with Crippen molar-refractivity contribution in [2.24, 2.45) is 0 Å². The Balaban J connectivity index is 2.07. The quantitative estimate of drug-likeness (QED) is 0.310. The Morgan fingerprint density at radius 2 is 1.29 bits per heavy atom. The Kier molecular flexibility index (Phi) is 5.95. The molecule has 2 aromatic carbocycles. The number of carbonyl (C=O) groups is 2. The molecular weight excluding hydrogens is 414 g/mol. The van der Waals surface area contributed by atoms with E-state index < -0.39 is 39.7 Å². The van der Waals surface area contributed by atoms with Gasteiger partial charge in [0.05, 0.1) is 24.1 Å². The Labute approximate surface area is 175 Å². The van der Waals surface area contributed by atoms with Crippen molar-refractivity contribution in [2.75, 3.05) is 14.2 Å². The van der Waals surface area contributed by atoms with Crippen molar-refractivity contribution in [1.29, 1.82) is 0 Å². The van der Waals surface area contributed by atoms with Crippen LogP contribution in [0.1, 0.15) is 23.5 Å². The molecule has 2 atom stereocenters. The van der Waals surface area contributed by atoms with Gasteiger partial charge >= 0.3 is 11.9 Å². The standard InChI is InChI=1S/C19H17N3O9/c1-29-17(23)19(18(24)30-2)15(11-3-7-13(8-4-11)21(25)26)31-16(20-19)12-5-9-14(10-6-12)22(27)28/h3-10,15-16,20H,1-2H3/t15-,16-/m1/s1. The van der Waals surface area contributed by atoms with Crippen LogP contribution >= 0.6 is 0 Å². The molecule has 31 heavy (non-hydrogen) atoms. The molecule has 1 aliphatic heterocycles. The average Bonchev–Trinajstić information content (AvgIpc) is 3.19. The Bertz CT molecular complexity index is 1000. The van der Waals surface area contributed by atoms with Gasteiger partial charge in [-0.2, -0.15) is 0 Å². The lowest BCUT2D eigenvalue weighted by Gasteiger charge is -2.28. The molecule has 0 unspecified atom stereocenters. The van der Waals surface area contributed by atoms with Crippen LogP contribution in [0.15, 0.2) is 48.5 Å². The highest BCUT2D eigenvalue weighted by Gasteiger charge is 2.62. The predicted octanol–water partition coefficient (Wildman–Crippen LogP) is 1.95. The maximum Gasteiger partial charge on any atom is 0.341 e.